The summed E-state index contributed by atoms with van der Waals surface area (Å²) in [5.74, 6) is 0.990. The summed E-state index contributed by atoms with van der Waals surface area (Å²) in [7, 11) is 0. The van der Waals surface area contributed by atoms with Crippen molar-refractivity contribution >= 4 is 11.7 Å². The molecule has 3 aromatic heterocycles. The van der Waals surface area contributed by atoms with E-state index in [-0.39, 0.29) is 17.4 Å². The zero-order valence-corrected chi connectivity index (χ0v) is 20.3. The van der Waals surface area contributed by atoms with E-state index in [0.29, 0.717) is 12.6 Å². The highest BCUT2D eigenvalue weighted by Gasteiger charge is 2.65. The topological polar surface area (TPSA) is 86.4 Å². The van der Waals surface area contributed by atoms with Crippen molar-refractivity contribution in [2.45, 2.75) is 43.8 Å². The number of fused-ring (bicyclic) bond motifs is 4. The number of nitrogens with zero attached hydrogens (tertiary/aromatic N) is 6. The van der Waals surface area contributed by atoms with Crippen LogP contribution in [0.5, 0.6) is 0 Å². The highest BCUT2D eigenvalue weighted by atomic mass is 15.3. The number of rotatable bonds is 5. The lowest BCUT2D eigenvalue weighted by molar-refractivity contribution is 0.600. The van der Waals surface area contributed by atoms with Gasteiger partial charge in [0.1, 0.15) is 5.69 Å². The fourth-order valence-corrected chi connectivity index (χ4v) is 5.74. The maximum atomic E-state index is 5.85. The molecule has 7 nitrogen and oxygen atoms in total. The normalized spacial score (nSPS) is 22.1. The van der Waals surface area contributed by atoms with Crippen LogP contribution in [0.2, 0.25) is 0 Å². The van der Waals surface area contributed by atoms with E-state index in [1.54, 1.807) is 0 Å². The van der Waals surface area contributed by atoms with Gasteiger partial charge in [0.05, 0.1) is 17.7 Å². The van der Waals surface area contributed by atoms with E-state index in [2.05, 4.69) is 100 Å². The predicted molar refractivity (Wildman–Crippen MR) is 139 cm³/mol. The van der Waals surface area contributed by atoms with E-state index in [1.807, 2.05) is 23.1 Å². The quantitative estimate of drug-likeness (QED) is 0.425. The molecule has 178 valence electrons. The highest BCUT2D eigenvalue weighted by Crippen LogP contribution is 2.64. The van der Waals surface area contributed by atoms with E-state index >= 15 is 0 Å². The molecule has 1 aliphatic carbocycles. The smallest absolute Gasteiger partial charge is 0.188 e. The van der Waals surface area contributed by atoms with Crippen molar-refractivity contribution in [2.75, 3.05) is 0 Å². The molecule has 5 aromatic rings. The fraction of sp³-hybridized carbons (Fsp3) is 0.241. The molecule has 1 aliphatic heterocycles. The lowest BCUT2D eigenvalue weighted by Gasteiger charge is -2.16. The zero-order valence-electron chi connectivity index (χ0n) is 20.3. The molecule has 3 atom stereocenters. The molecule has 3 unspecified atom stereocenters. The van der Waals surface area contributed by atoms with Crippen molar-refractivity contribution in [3.63, 3.8) is 0 Å². The minimum atomic E-state index is -0.217. The minimum absolute atomic E-state index is 0.141. The summed E-state index contributed by atoms with van der Waals surface area (Å²) < 4.78 is 4.11. The van der Waals surface area contributed by atoms with Gasteiger partial charge in [0.25, 0.3) is 0 Å². The van der Waals surface area contributed by atoms with Crippen LogP contribution in [0, 0.1) is 0 Å². The van der Waals surface area contributed by atoms with Crippen molar-refractivity contribution in [1.29, 1.82) is 0 Å². The molecule has 0 bridgehead atoms. The van der Waals surface area contributed by atoms with E-state index in [4.69, 9.17) is 10.7 Å². The van der Waals surface area contributed by atoms with Crippen molar-refractivity contribution in [2.24, 2.45) is 10.7 Å². The van der Waals surface area contributed by atoms with Gasteiger partial charge in [-0.1, -0.05) is 60.7 Å². The third-order valence-electron chi connectivity index (χ3n) is 7.74. The van der Waals surface area contributed by atoms with Crippen LogP contribution in [-0.2, 0) is 12.0 Å². The highest BCUT2D eigenvalue weighted by molar-refractivity contribution is 5.69. The minimum Gasteiger partial charge on any atom is -0.334 e. The fourth-order valence-electron chi connectivity index (χ4n) is 5.74. The number of pyridine rings is 1. The van der Waals surface area contributed by atoms with E-state index < -0.39 is 0 Å². The second-order valence-corrected chi connectivity index (χ2v) is 10.1. The Morgan fingerprint density at radius 2 is 1.81 bits per heavy atom. The molecule has 36 heavy (non-hydrogen) atoms. The first-order chi connectivity index (χ1) is 17.6. The first kappa shape index (κ1) is 21.2. The molecule has 0 saturated heterocycles. The van der Waals surface area contributed by atoms with Gasteiger partial charge in [0.2, 0.25) is 0 Å². The van der Waals surface area contributed by atoms with Gasteiger partial charge in [0.15, 0.2) is 11.5 Å². The van der Waals surface area contributed by atoms with Crippen LogP contribution in [0.15, 0.2) is 84.4 Å². The Kier molecular flexibility index (Phi) is 4.53. The summed E-state index contributed by atoms with van der Waals surface area (Å²) in [6.45, 7) is 4.81. The van der Waals surface area contributed by atoms with Gasteiger partial charge < -0.3 is 10.3 Å². The van der Waals surface area contributed by atoms with E-state index in [1.165, 1.54) is 11.1 Å². The number of aromatic nitrogens is 5. The molecule has 2 aliphatic rings. The average molecular weight is 474 g/mol. The Balaban J connectivity index is 1.41. The Morgan fingerprint density at radius 1 is 1.00 bits per heavy atom. The summed E-state index contributed by atoms with van der Waals surface area (Å²) in [6, 6.07) is 21.9. The third kappa shape index (κ3) is 2.96. The van der Waals surface area contributed by atoms with Gasteiger partial charge in [-0.25, -0.2) is 4.98 Å². The molecular weight excluding hydrogens is 446 g/mol. The third-order valence-corrected chi connectivity index (χ3v) is 7.74. The average Bonchev–Trinajstić information content (AvgIpc) is 3.21. The first-order valence-electron chi connectivity index (χ1n) is 12.4. The van der Waals surface area contributed by atoms with Crippen LogP contribution in [0.25, 0.3) is 23.2 Å². The van der Waals surface area contributed by atoms with Crippen molar-refractivity contribution in [3.05, 3.63) is 107 Å². The summed E-state index contributed by atoms with van der Waals surface area (Å²) in [5.41, 5.74) is 10.9. The van der Waals surface area contributed by atoms with Crippen molar-refractivity contribution in [1.82, 2.24) is 24.1 Å². The Labute approximate surface area is 208 Å². The number of hydrogen-bond donors (Lipinski definition) is 1. The zero-order chi connectivity index (χ0) is 24.4. The number of benzene rings is 2. The second kappa shape index (κ2) is 7.70. The SMILES string of the molecule is CC(C)n1cnc(-c2nnc3c4c(ccn23)=NC2C(c3ccc(CN)cc3)C2(c2ccccc2)C=4)c1. The van der Waals surface area contributed by atoms with Gasteiger partial charge in [0, 0.05) is 41.5 Å². The maximum absolute atomic E-state index is 5.85. The summed E-state index contributed by atoms with van der Waals surface area (Å²) >= 11 is 0. The Hall–Kier alpha value is -4.10. The van der Waals surface area contributed by atoms with Gasteiger partial charge in [-0.05, 0) is 36.6 Å². The van der Waals surface area contributed by atoms with Gasteiger partial charge in [-0.2, -0.15) is 0 Å². The molecule has 7 rings (SSSR count). The lowest BCUT2D eigenvalue weighted by Crippen LogP contribution is -2.34. The predicted octanol–water partition coefficient (Wildman–Crippen LogP) is 3.15. The molecule has 0 spiro atoms. The van der Waals surface area contributed by atoms with Crippen LogP contribution < -0.4 is 16.3 Å². The van der Waals surface area contributed by atoms with Crippen LogP contribution >= 0.6 is 0 Å². The lowest BCUT2D eigenvalue weighted by atomic mass is 9.88. The van der Waals surface area contributed by atoms with E-state index in [9.17, 15) is 0 Å². The number of hydrogen-bond acceptors (Lipinski definition) is 5. The van der Waals surface area contributed by atoms with Crippen molar-refractivity contribution in [3.8, 4) is 11.5 Å². The Morgan fingerprint density at radius 3 is 2.53 bits per heavy atom. The van der Waals surface area contributed by atoms with Crippen LogP contribution in [0.1, 0.15) is 42.5 Å². The molecule has 4 heterocycles. The molecule has 0 amide bonds. The molecule has 1 saturated carbocycles. The number of imidazole rings is 1. The number of nitrogens with two attached hydrogens (primary N) is 1. The molecule has 0 radical (unpaired) electrons. The van der Waals surface area contributed by atoms with Crippen LogP contribution in [0.4, 0.5) is 0 Å². The first-order valence-corrected chi connectivity index (χ1v) is 12.4. The largest absolute Gasteiger partial charge is 0.334 e. The molecule has 2 N–H and O–H groups in total. The Bertz CT molecular complexity index is 1710. The summed E-state index contributed by atoms with van der Waals surface area (Å²) in [4.78, 5) is 9.86. The molecule has 7 heteroatoms. The summed E-state index contributed by atoms with van der Waals surface area (Å²) in [5, 5.41) is 11.2. The summed E-state index contributed by atoms with van der Waals surface area (Å²) in [6.07, 6.45) is 8.27. The van der Waals surface area contributed by atoms with Gasteiger partial charge >= 0.3 is 0 Å². The van der Waals surface area contributed by atoms with E-state index in [0.717, 1.165) is 33.3 Å². The maximum Gasteiger partial charge on any atom is 0.188 e. The molecule has 2 aromatic carbocycles. The standard InChI is InChI=1S/C29H27N7/c1-18(2)35-16-24(31-17-35)28-34-33-27-22-14-29(21-6-4-3-5-7-21)25(20-10-8-19(15-30)9-11-20)26(29)32-23(22)12-13-36(27)28/h3-14,16-18,25-26H,15,30H2,1-2H3. The van der Waals surface area contributed by atoms with Crippen molar-refractivity contribution < 1.29 is 0 Å². The molecule has 1 fully saturated rings. The van der Waals surface area contributed by atoms with Gasteiger partial charge in [-0.15, -0.1) is 10.2 Å². The van der Waals surface area contributed by atoms with Crippen LogP contribution in [0.3, 0.4) is 0 Å². The second-order valence-electron chi connectivity index (χ2n) is 10.1. The molecular formula is C29H27N7. The monoisotopic (exact) mass is 473 g/mol. The van der Waals surface area contributed by atoms with Gasteiger partial charge in [-0.3, -0.25) is 9.39 Å². The van der Waals surface area contributed by atoms with Crippen LogP contribution in [-0.4, -0.2) is 30.2 Å².